The average molecular weight is 253 g/mol. The number of ether oxygens (including phenoxy) is 1. The van der Waals surface area contributed by atoms with Gasteiger partial charge in [0.1, 0.15) is 11.6 Å². The minimum atomic E-state index is -0.420. The third-order valence-electron chi connectivity index (χ3n) is 4.09. The lowest BCUT2D eigenvalue weighted by molar-refractivity contribution is -0.0342. The highest BCUT2D eigenvalue weighted by molar-refractivity contribution is 5.22. The lowest BCUT2D eigenvalue weighted by Crippen LogP contribution is -2.53. The molecule has 0 aromatic heterocycles. The van der Waals surface area contributed by atoms with Gasteiger partial charge in [0.2, 0.25) is 0 Å². The SMILES string of the molecule is Fc1ccc(F)c(C2CNC3(CCCC3)CO2)c1. The van der Waals surface area contributed by atoms with Crippen LogP contribution < -0.4 is 5.32 Å². The molecule has 1 aromatic carbocycles. The minimum absolute atomic E-state index is 0.0836. The van der Waals surface area contributed by atoms with Crippen LogP contribution in [0.1, 0.15) is 37.4 Å². The third kappa shape index (κ3) is 2.15. The van der Waals surface area contributed by atoms with Gasteiger partial charge in [-0.1, -0.05) is 12.8 Å². The molecule has 2 fully saturated rings. The normalized spacial score (nSPS) is 26.7. The lowest BCUT2D eigenvalue weighted by atomic mass is 9.95. The molecule has 0 bridgehead atoms. The van der Waals surface area contributed by atoms with Crippen LogP contribution in [0.5, 0.6) is 0 Å². The van der Waals surface area contributed by atoms with E-state index in [2.05, 4.69) is 5.32 Å². The van der Waals surface area contributed by atoms with Crippen molar-refractivity contribution < 1.29 is 13.5 Å². The van der Waals surface area contributed by atoms with Gasteiger partial charge in [0.25, 0.3) is 0 Å². The first-order chi connectivity index (χ1) is 8.69. The number of nitrogens with one attached hydrogen (secondary N) is 1. The van der Waals surface area contributed by atoms with Gasteiger partial charge >= 0.3 is 0 Å². The summed E-state index contributed by atoms with van der Waals surface area (Å²) in [4.78, 5) is 0. The van der Waals surface area contributed by atoms with Crippen LogP contribution in [0.25, 0.3) is 0 Å². The van der Waals surface area contributed by atoms with E-state index in [-0.39, 0.29) is 11.6 Å². The Labute approximate surface area is 105 Å². The Kier molecular flexibility index (Phi) is 3.08. The molecular weight excluding hydrogens is 236 g/mol. The summed E-state index contributed by atoms with van der Waals surface area (Å²) in [5.74, 6) is -0.818. The van der Waals surface area contributed by atoms with Gasteiger partial charge in [-0.3, -0.25) is 0 Å². The van der Waals surface area contributed by atoms with Crippen molar-refractivity contribution in [1.82, 2.24) is 5.32 Å². The van der Waals surface area contributed by atoms with Crippen LogP contribution >= 0.6 is 0 Å². The molecule has 2 aliphatic rings. The molecule has 0 amide bonds. The van der Waals surface area contributed by atoms with E-state index in [9.17, 15) is 8.78 Å². The highest BCUT2D eigenvalue weighted by Gasteiger charge is 2.38. The van der Waals surface area contributed by atoms with Gasteiger partial charge in [0.15, 0.2) is 0 Å². The molecule has 1 atom stereocenters. The maximum atomic E-state index is 13.6. The largest absolute Gasteiger partial charge is 0.370 e. The second kappa shape index (κ2) is 4.59. The standard InChI is InChI=1S/C14H17F2NO/c15-10-3-4-12(16)11(7-10)13-8-17-14(9-18-13)5-1-2-6-14/h3-4,7,13,17H,1-2,5-6,8-9H2. The van der Waals surface area contributed by atoms with E-state index in [1.165, 1.54) is 18.9 Å². The molecule has 18 heavy (non-hydrogen) atoms. The number of morpholine rings is 1. The molecular formula is C14H17F2NO. The Morgan fingerprint density at radius 3 is 2.67 bits per heavy atom. The lowest BCUT2D eigenvalue weighted by Gasteiger charge is -2.38. The Hall–Kier alpha value is -1.00. The fraction of sp³-hybridized carbons (Fsp3) is 0.571. The summed E-state index contributed by atoms with van der Waals surface area (Å²) in [7, 11) is 0. The molecule has 1 unspecified atom stereocenters. The van der Waals surface area contributed by atoms with Crippen LogP contribution in [0.15, 0.2) is 18.2 Å². The quantitative estimate of drug-likeness (QED) is 0.831. The number of halogens is 2. The fourth-order valence-electron chi connectivity index (χ4n) is 3.01. The Morgan fingerprint density at radius 1 is 1.22 bits per heavy atom. The minimum Gasteiger partial charge on any atom is -0.370 e. The Morgan fingerprint density at radius 2 is 2.00 bits per heavy atom. The van der Waals surface area contributed by atoms with Gasteiger partial charge in [-0.25, -0.2) is 8.78 Å². The average Bonchev–Trinajstić information content (AvgIpc) is 2.82. The molecule has 1 saturated heterocycles. The summed E-state index contributed by atoms with van der Waals surface area (Å²) in [5, 5.41) is 3.48. The first-order valence-corrected chi connectivity index (χ1v) is 6.50. The van der Waals surface area contributed by atoms with E-state index < -0.39 is 11.6 Å². The molecule has 0 radical (unpaired) electrons. The van der Waals surface area contributed by atoms with Crippen LogP contribution in [0.2, 0.25) is 0 Å². The summed E-state index contributed by atoms with van der Waals surface area (Å²) < 4.78 is 32.6. The summed E-state index contributed by atoms with van der Waals surface area (Å²) in [6.07, 6.45) is 4.29. The molecule has 1 aromatic rings. The monoisotopic (exact) mass is 253 g/mol. The first kappa shape index (κ1) is 12.1. The van der Waals surface area contributed by atoms with Crippen LogP contribution in [-0.4, -0.2) is 18.7 Å². The van der Waals surface area contributed by atoms with Crippen molar-refractivity contribution in [2.24, 2.45) is 0 Å². The highest BCUT2D eigenvalue weighted by Crippen LogP contribution is 2.35. The molecule has 1 spiro atoms. The van der Waals surface area contributed by atoms with Crippen LogP contribution in [-0.2, 0) is 4.74 Å². The van der Waals surface area contributed by atoms with E-state index in [1.807, 2.05) is 0 Å². The molecule has 1 heterocycles. The summed E-state index contributed by atoms with van der Waals surface area (Å²) in [6, 6.07) is 3.52. The van der Waals surface area contributed by atoms with Gasteiger partial charge < -0.3 is 10.1 Å². The third-order valence-corrected chi connectivity index (χ3v) is 4.09. The van der Waals surface area contributed by atoms with Gasteiger partial charge in [-0.05, 0) is 31.0 Å². The fourth-order valence-corrected chi connectivity index (χ4v) is 3.01. The summed E-state index contributed by atoms with van der Waals surface area (Å²) in [6.45, 7) is 1.15. The maximum Gasteiger partial charge on any atom is 0.129 e. The zero-order chi connectivity index (χ0) is 12.6. The van der Waals surface area contributed by atoms with Gasteiger partial charge in [0.05, 0.1) is 12.7 Å². The van der Waals surface area contributed by atoms with Crippen LogP contribution in [0.3, 0.4) is 0 Å². The molecule has 98 valence electrons. The Balaban J connectivity index is 1.74. The molecule has 3 rings (SSSR count). The van der Waals surface area contributed by atoms with Crippen LogP contribution in [0, 0.1) is 11.6 Å². The molecule has 1 N–H and O–H groups in total. The van der Waals surface area contributed by atoms with Crippen LogP contribution in [0.4, 0.5) is 8.78 Å². The predicted octanol–water partition coefficient (Wildman–Crippen LogP) is 2.94. The second-order valence-corrected chi connectivity index (χ2v) is 5.33. The van der Waals surface area contributed by atoms with E-state index in [0.717, 1.165) is 25.0 Å². The van der Waals surface area contributed by atoms with Gasteiger partial charge in [-0.2, -0.15) is 0 Å². The van der Waals surface area contributed by atoms with E-state index in [1.54, 1.807) is 0 Å². The molecule has 1 aliphatic heterocycles. The number of hydrogen-bond acceptors (Lipinski definition) is 2. The van der Waals surface area contributed by atoms with Crippen molar-refractivity contribution in [3.63, 3.8) is 0 Å². The van der Waals surface area contributed by atoms with Crippen molar-refractivity contribution in [1.29, 1.82) is 0 Å². The maximum absolute atomic E-state index is 13.6. The molecule has 1 aliphatic carbocycles. The summed E-state index contributed by atoms with van der Waals surface area (Å²) in [5.41, 5.74) is 0.399. The van der Waals surface area contributed by atoms with Crippen molar-refractivity contribution in [3.8, 4) is 0 Å². The zero-order valence-electron chi connectivity index (χ0n) is 10.2. The number of benzene rings is 1. The van der Waals surface area contributed by atoms with Crippen molar-refractivity contribution >= 4 is 0 Å². The summed E-state index contributed by atoms with van der Waals surface area (Å²) >= 11 is 0. The smallest absolute Gasteiger partial charge is 0.129 e. The van der Waals surface area contributed by atoms with Crippen molar-refractivity contribution in [3.05, 3.63) is 35.4 Å². The predicted molar refractivity (Wildman–Crippen MR) is 64.3 cm³/mol. The molecule has 2 nitrogen and oxygen atoms in total. The molecule has 1 saturated carbocycles. The topological polar surface area (TPSA) is 21.3 Å². The second-order valence-electron chi connectivity index (χ2n) is 5.33. The van der Waals surface area contributed by atoms with Crippen molar-refractivity contribution in [2.75, 3.05) is 13.2 Å². The van der Waals surface area contributed by atoms with Crippen molar-refractivity contribution in [2.45, 2.75) is 37.3 Å². The first-order valence-electron chi connectivity index (χ1n) is 6.50. The van der Waals surface area contributed by atoms with E-state index in [0.29, 0.717) is 18.7 Å². The van der Waals surface area contributed by atoms with Gasteiger partial charge in [-0.15, -0.1) is 0 Å². The zero-order valence-corrected chi connectivity index (χ0v) is 10.2. The Bertz CT molecular complexity index is 433. The van der Waals surface area contributed by atoms with E-state index in [4.69, 9.17) is 4.74 Å². The molecule has 4 heteroatoms. The van der Waals surface area contributed by atoms with Gasteiger partial charge in [0, 0.05) is 17.6 Å². The van der Waals surface area contributed by atoms with E-state index >= 15 is 0 Å². The number of rotatable bonds is 1. The highest BCUT2D eigenvalue weighted by atomic mass is 19.1. The number of hydrogen-bond donors (Lipinski definition) is 1.